The molecule has 1 N–H and O–H groups in total. The van der Waals surface area contributed by atoms with Gasteiger partial charge in [-0.05, 0) is 11.1 Å². The van der Waals surface area contributed by atoms with Gasteiger partial charge in [-0.15, -0.1) is 0 Å². The lowest BCUT2D eigenvalue weighted by Crippen LogP contribution is -2.50. The molecule has 2 atom stereocenters. The Hall–Kier alpha value is -1.84. The van der Waals surface area contributed by atoms with Gasteiger partial charge in [0.25, 0.3) is 5.91 Å². The number of likely N-dealkylation sites (N-methyl/N-ethyl adjacent to an activating group) is 1. The molecule has 4 nitrogen and oxygen atoms in total. The van der Waals surface area contributed by atoms with Gasteiger partial charge in [0.15, 0.2) is 0 Å². The number of carbonyl (C=O) groups is 2. The Bertz CT molecular complexity index is 526. The van der Waals surface area contributed by atoms with Crippen LogP contribution in [0, 0.1) is 0 Å². The van der Waals surface area contributed by atoms with Gasteiger partial charge in [0.05, 0.1) is 0 Å². The molecular formula is C13H14N2O2. The molecule has 17 heavy (non-hydrogen) atoms. The molecule has 0 bridgehead atoms. The Morgan fingerprint density at radius 3 is 2.65 bits per heavy atom. The Morgan fingerprint density at radius 1 is 1.35 bits per heavy atom. The molecule has 1 fully saturated rings. The van der Waals surface area contributed by atoms with Crippen LogP contribution in [0.3, 0.4) is 0 Å². The quantitative estimate of drug-likeness (QED) is 0.682. The minimum Gasteiger partial charge on any atom is -0.312 e. The van der Waals surface area contributed by atoms with Crippen LogP contribution >= 0.6 is 0 Å². The van der Waals surface area contributed by atoms with E-state index in [0.29, 0.717) is 6.42 Å². The third kappa shape index (κ3) is 1.07. The van der Waals surface area contributed by atoms with Crippen LogP contribution in [0.5, 0.6) is 0 Å². The predicted molar refractivity (Wildman–Crippen MR) is 62.6 cm³/mol. The van der Waals surface area contributed by atoms with Crippen LogP contribution in [0.25, 0.3) is 0 Å². The predicted octanol–water partition coefficient (Wildman–Crippen LogP) is 1.27. The topological polar surface area (TPSA) is 49.4 Å². The first-order valence-electron chi connectivity index (χ1n) is 5.74. The first-order valence-corrected chi connectivity index (χ1v) is 5.74. The van der Waals surface area contributed by atoms with Crippen LogP contribution in [0.15, 0.2) is 24.3 Å². The van der Waals surface area contributed by atoms with Crippen molar-refractivity contribution in [3.8, 4) is 0 Å². The lowest BCUT2D eigenvalue weighted by molar-refractivity contribution is -0.126. The summed E-state index contributed by atoms with van der Waals surface area (Å²) in [5.41, 5.74) is 1.61. The van der Waals surface area contributed by atoms with Gasteiger partial charge >= 0.3 is 6.03 Å². The van der Waals surface area contributed by atoms with Gasteiger partial charge in [0.2, 0.25) is 0 Å². The molecule has 1 heterocycles. The molecule has 88 valence electrons. The zero-order valence-electron chi connectivity index (χ0n) is 9.86. The van der Waals surface area contributed by atoms with Crippen molar-refractivity contribution < 1.29 is 9.59 Å². The lowest BCUT2D eigenvalue weighted by Gasteiger charge is -2.32. The van der Waals surface area contributed by atoms with E-state index >= 15 is 0 Å². The molecule has 2 aliphatic rings. The zero-order valence-corrected chi connectivity index (χ0v) is 9.86. The molecule has 2 unspecified atom stereocenters. The van der Waals surface area contributed by atoms with Crippen molar-refractivity contribution in [2.24, 2.45) is 0 Å². The van der Waals surface area contributed by atoms with E-state index < -0.39 is 5.54 Å². The van der Waals surface area contributed by atoms with Crippen molar-refractivity contribution in [3.05, 3.63) is 35.4 Å². The van der Waals surface area contributed by atoms with E-state index in [1.807, 2.05) is 31.2 Å². The Morgan fingerprint density at radius 2 is 2.06 bits per heavy atom. The molecule has 0 radical (unpaired) electrons. The van der Waals surface area contributed by atoms with Crippen LogP contribution in [-0.4, -0.2) is 29.4 Å². The van der Waals surface area contributed by atoms with Crippen molar-refractivity contribution in [3.63, 3.8) is 0 Å². The number of hydrogen-bond acceptors (Lipinski definition) is 2. The molecule has 1 aromatic carbocycles. The smallest absolute Gasteiger partial charge is 0.312 e. The lowest BCUT2D eigenvalue weighted by atomic mass is 9.85. The number of imide groups is 1. The van der Waals surface area contributed by atoms with Gasteiger partial charge in [0.1, 0.15) is 5.54 Å². The van der Waals surface area contributed by atoms with Crippen molar-refractivity contribution in [2.45, 2.75) is 24.8 Å². The van der Waals surface area contributed by atoms with Crippen molar-refractivity contribution in [2.75, 3.05) is 7.05 Å². The van der Waals surface area contributed by atoms with Crippen molar-refractivity contribution in [1.82, 2.24) is 10.2 Å². The number of hydrogen-bond donors (Lipinski definition) is 1. The van der Waals surface area contributed by atoms with Crippen LogP contribution in [0.4, 0.5) is 4.79 Å². The number of rotatable bonds is 0. The molecule has 3 amide bonds. The van der Waals surface area contributed by atoms with E-state index in [9.17, 15) is 9.59 Å². The number of amides is 3. The van der Waals surface area contributed by atoms with Crippen LogP contribution in [0.1, 0.15) is 24.0 Å². The van der Waals surface area contributed by atoms with Crippen LogP contribution < -0.4 is 5.32 Å². The second-order valence-corrected chi connectivity index (χ2v) is 4.84. The van der Waals surface area contributed by atoms with E-state index in [2.05, 4.69) is 5.32 Å². The van der Waals surface area contributed by atoms with Crippen molar-refractivity contribution in [1.29, 1.82) is 0 Å². The van der Waals surface area contributed by atoms with Crippen LogP contribution in [-0.2, 0) is 11.2 Å². The highest BCUT2D eigenvalue weighted by Crippen LogP contribution is 2.45. The summed E-state index contributed by atoms with van der Waals surface area (Å²) in [5, 5.41) is 2.41. The maximum atomic E-state index is 12.1. The fourth-order valence-corrected chi connectivity index (χ4v) is 3.13. The summed E-state index contributed by atoms with van der Waals surface area (Å²) in [6.07, 6.45) is 0.610. The highest BCUT2D eigenvalue weighted by Gasteiger charge is 2.58. The second-order valence-electron chi connectivity index (χ2n) is 4.84. The van der Waals surface area contributed by atoms with E-state index in [0.717, 1.165) is 5.56 Å². The molecule has 1 aliphatic heterocycles. The normalized spacial score (nSPS) is 30.9. The maximum Gasteiger partial charge on any atom is 0.324 e. The maximum absolute atomic E-state index is 12.1. The highest BCUT2D eigenvalue weighted by molar-refractivity contribution is 6.08. The molecule has 0 saturated carbocycles. The Kier molecular flexibility index (Phi) is 1.88. The summed E-state index contributed by atoms with van der Waals surface area (Å²) < 4.78 is 0. The van der Waals surface area contributed by atoms with Gasteiger partial charge in [-0.1, -0.05) is 31.2 Å². The first kappa shape index (κ1) is 10.3. The SMILES string of the molecule is CC1c2ccccc2CC12C(=O)NC(=O)N2C. The molecule has 3 rings (SSSR count). The van der Waals surface area contributed by atoms with Gasteiger partial charge in [-0.3, -0.25) is 10.1 Å². The number of benzene rings is 1. The summed E-state index contributed by atoms with van der Waals surface area (Å²) in [7, 11) is 1.70. The fraction of sp³-hybridized carbons (Fsp3) is 0.385. The van der Waals surface area contributed by atoms with Crippen LogP contribution in [0.2, 0.25) is 0 Å². The zero-order chi connectivity index (χ0) is 12.2. The van der Waals surface area contributed by atoms with Crippen molar-refractivity contribution >= 4 is 11.9 Å². The van der Waals surface area contributed by atoms with E-state index in [1.54, 1.807) is 11.9 Å². The second kappa shape index (κ2) is 3.09. The highest BCUT2D eigenvalue weighted by atomic mass is 16.2. The third-order valence-corrected chi connectivity index (χ3v) is 4.21. The van der Waals surface area contributed by atoms with E-state index in [1.165, 1.54) is 5.56 Å². The number of carbonyl (C=O) groups excluding carboxylic acids is 2. The van der Waals surface area contributed by atoms with Gasteiger partial charge < -0.3 is 4.90 Å². The number of nitrogens with zero attached hydrogens (tertiary/aromatic N) is 1. The van der Waals surface area contributed by atoms with Gasteiger partial charge in [-0.2, -0.15) is 0 Å². The summed E-state index contributed by atoms with van der Waals surface area (Å²) in [6, 6.07) is 7.72. The largest absolute Gasteiger partial charge is 0.324 e. The fourth-order valence-electron chi connectivity index (χ4n) is 3.13. The Balaban J connectivity index is 2.14. The molecule has 1 saturated heterocycles. The number of fused-ring (bicyclic) bond motifs is 1. The molecule has 1 aliphatic carbocycles. The molecule has 1 spiro atoms. The first-order chi connectivity index (χ1) is 8.07. The number of urea groups is 1. The van der Waals surface area contributed by atoms with Gasteiger partial charge in [-0.25, -0.2) is 4.79 Å². The molecular weight excluding hydrogens is 216 g/mol. The van der Waals surface area contributed by atoms with E-state index in [4.69, 9.17) is 0 Å². The third-order valence-electron chi connectivity index (χ3n) is 4.21. The average Bonchev–Trinajstić information content (AvgIpc) is 2.73. The minimum absolute atomic E-state index is 0.0372. The molecule has 1 aromatic rings. The minimum atomic E-state index is -0.721. The summed E-state index contributed by atoms with van der Waals surface area (Å²) in [4.78, 5) is 25.3. The Labute approximate surface area is 99.6 Å². The monoisotopic (exact) mass is 230 g/mol. The number of nitrogens with one attached hydrogen (secondary N) is 1. The van der Waals surface area contributed by atoms with E-state index in [-0.39, 0.29) is 17.9 Å². The average molecular weight is 230 g/mol. The van der Waals surface area contributed by atoms with Gasteiger partial charge in [0, 0.05) is 19.4 Å². The molecule has 4 heteroatoms. The summed E-state index contributed by atoms with van der Waals surface area (Å²) in [6.45, 7) is 2.01. The molecule has 0 aromatic heterocycles. The standard InChI is InChI=1S/C13H14N2O2/c1-8-10-6-4-3-5-9(10)7-13(8)11(16)14-12(17)15(13)2/h3-6,8H,7H2,1-2H3,(H,14,16,17). The summed E-state index contributed by atoms with van der Waals surface area (Å²) >= 11 is 0. The summed E-state index contributed by atoms with van der Waals surface area (Å²) in [5.74, 6) is -0.135.